The van der Waals surface area contributed by atoms with Crippen LogP contribution in [0.15, 0.2) is 18.2 Å². The first kappa shape index (κ1) is 14.2. The highest BCUT2D eigenvalue weighted by atomic mass is 127. The van der Waals surface area contributed by atoms with Gasteiger partial charge in [0.1, 0.15) is 5.82 Å². The summed E-state index contributed by atoms with van der Waals surface area (Å²) in [6.07, 6.45) is 0. The minimum absolute atomic E-state index is 0.0260. The molecule has 1 aromatic heterocycles. The summed E-state index contributed by atoms with van der Waals surface area (Å²) in [6.45, 7) is 2.24. The number of hydrogen-bond donors (Lipinski definition) is 1. The van der Waals surface area contributed by atoms with Crippen molar-refractivity contribution in [3.63, 3.8) is 0 Å². The third-order valence-electron chi connectivity index (χ3n) is 2.04. The summed E-state index contributed by atoms with van der Waals surface area (Å²) in [7, 11) is 0. The van der Waals surface area contributed by atoms with Gasteiger partial charge in [0.15, 0.2) is 0 Å². The SMILES string of the molecule is CCOc1nc(Cl)nc(Nc2ccc(F)cc2I)n1. The Bertz CT molecular complexity index is 599. The van der Waals surface area contributed by atoms with Gasteiger partial charge in [-0.05, 0) is 59.3 Å². The lowest BCUT2D eigenvalue weighted by molar-refractivity contribution is 0.312. The van der Waals surface area contributed by atoms with Crippen LogP contribution in [0.2, 0.25) is 5.28 Å². The Labute approximate surface area is 127 Å². The lowest BCUT2D eigenvalue weighted by Gasteiger charge is -2.08. The molecular formula is C11H9ClFIN4O. The van der Waals surface area contributed by atoms with Gasteiger partial charge in [-0.15, -0.1) is 0 Å². The molecule has 0 unspecified atom stereocenters. The van der Waals surface area contributed by atoms with E-state index in [1.807, 2.05) is 29.5 Å². The lowest BCUT2D eigenvalue weighted by Crippen LogP contribution is -2.04. The van der Waals surface area contributed by atoms with Gasteiger partial charge in [0, 0.05) is 3.57 Å². The van der Waals surface area contributed by atoms with E-state index in [0.717, 1.165) is 0 Å². The Morgan fingerprint density at radius 1 is 1.37 bits per heavy atom. The molecule has 0 aliphatic heterocycles. The van der Waals surface area contributed by atoms with Crippen LogP contribution in [0.1, 0.15) is 6.92 Å². The van der Waals surface area contributed by atoms with Gasteiger partial charge >= 0.3 is 6.01 Å². The summed E-state index contributed by atoms with van der Waals surface area (Å²) in [4.78, 5) is 11.8. The van der Waals surface area contributed by atoms with Gasteiger partial charge in [-0.3, -0.25) is 0 Å². The number of ether oxygens (including phenoxy) is 1. The summed E-state index contributed by atoms with van der Waals surface area (Å²) < 4.78 is 18.9. The molecule has 0 bridgehead atoms. The van der Waals surface area contributed by atoms with E-state index in [9.17, 15) is 4.39 Å². The van der Waals surface area contributed by atoms with Crippen molar-refractivity contribution in [1.29, 1.82) is 0 Å². The average molecular weight is 395 g/mol. The van der Waals surface area contributed by atoms with Crippen LogP contribution in [0, 0.1) is 9.39 Å². The first-order chi connectivity index (χ1) is 9.08. The Morgan fingerprint density at radius 2 is 2.16 bits per heavy atom. The summed E-state index contributed by atoms with van der Waals surface area (Å²) in [5.41, 5.74) is 0.673. The molecule has 5 nitrogen and oxygen atoms in total. The zero-order chi connectivity index (χ0) is 13.8. The first-order valence-corrected chi connectivity index (χ1v) is 6.80. The highest BCUT2D eigenvalue weighted by Gasteiger charge is 2.08. The van der Waals surface area contributed by atoms with Gasteiger partial charge in [0.2, 0.25) is 11.2 Å². The van der Waals surface area contributed by atoms with Gasteiger partial charge in [0.25, 0.3) is 0 Å². The Balaban J connectivity index is 2.27. The van der Waals surface area contributed by atoms with Crippen molar-refractivity contribution in [2.24, 2.45) is 0 Å². The second kappa shape index (κ2) is 6.29. The van der Waals surface area contributed by atoms with E-state index >= 15 is 0 Å². The minimum Gasteiger partial charge on any atom is -0.464 e. The van der Waals surface area contributed by atoms with Crippen molar-refractivity contribution in [3.05, 3.63) is 32.9 Å². The number of aromatic nitrogens is 3. The highest BCUT2D eigenvalue weighted by molar-refractivity contribution is 14.1. The quantitative estimate of drug-likeness (QED) is 0.806. The molecule has 8 heteroatoms. The zero-order valence-corrected chi connectivity index (χ0v) is 12.7. The van der Waals surface area contributed by atoms with Crippen LogP contribution in [-0.4, -0.2) is 21.6 Å². The Hall–Kier alpha value is -1.22. The third kappa shape index (κ3) is 3.87. The maximum absolute atomic E-state index is 13.0. The molecule has 2 aromatic rings. The summed E-state index contributed by atoms with van der Waals surface area (Å²) in [5, 5.41) is 2.96. The minimum atomic E-state index is -0.307. The molecule has 0 saturated heterocycles. The number of rotatable bonds is 4. The van der Waals surface area contributed by atoms with Crippen LogP contribution >= 0.6 is 34.2 Å². The van der Waals surface area contributed by atoms with Crippen LogP contribution in [0.5, 0.6) is 6.01 Å². The van der Waals surface area contributed by atoms with Crippen molar-refractivity contribution >= 4 is 45.8 Å². The van der Waals surface area contributed by atoms with Crippen LogP contribution in [0.4, 0.5) is 16.0 Å². The number of benzene rings is 1. The molecule has 0 spiro atoms. The average Bonchev–Trinajstić information content (AvgIpc) is 2.32. The smallest absolute Gasteiger partial charge is 0.322 e. The molecule has 0 radical (unpaired) electrons. The van der Waals surface area contributed by atoms with Crippen LogP contribution < -0.4 is 10.1 Å². The van der Waals surface area contributed by atoms with Gasteiger partial charge in [0.05, 0.1) is 12.3 Å². The van der Waals surface area contributed by atoms with Crippen LogP contribution in [-0.2, 0) is 0 Å². The molecule has 0 fully saturated rings. The molecule has 0 atom stereocenters. The second-order valence-corrected chi connectivity index (χ2v) is 4.89. The van der Waals surface area contributed by atoms with E-state index in [4.69, 9.17) is 16.3 Å². The van der Waals surface area contributed by atoms with E-state index < -0.39 is 0 Å². The number of nitrogens with zero attached hydrogens (tertiary/aromatic N) is 3. The van der Waals surface area contributed by atoms with E-state index in [-0.39, 0.29) is 23.1 Å². The van der Waals surface area contributed by atoms with E-state index in [1.54, 1.807) is 6.07 Å². The van der Waals surface area contributed by atoms with Crippen LogP contribution in [0.25, 0.3) is 0 Å². The highest BCUT2D eigenvalue weighted by Crippen LogP contribution is 2.22. The molecule has 0 aliphatic carbocycles. The normalized spacial score (nSPS) is 10.3. The monoisotopic (exact) mass is 394 g/mol. The second-order valence-electron chi connectivity index (χ2n) is 3.39. The maximum atomic E-state index is 13.0. The fraction of sp³-hybridized carbons (Fsp3) is 0.182. The Morgan fingerprint density at radius 3 is 2.84 bits per heavy atom. The van der Waals surface area contributed by atoms with E-state index in [2.05, 4.69) is 20.3 Å². The molecule has 0 saturated carbocycles. The molecule has 1 heterocycles. The fourth-order valence-electron chi connectivity index (χ4n) is 1.29. The standard InChI is InChI=1S/C11H9ClFIN4O/c1-2-19-11-17-9(12)16-10(18-11)15-8-4-3-6(13)5-7(8)14/h3-5H,2H2,1H3,(H,15,16,17,18). The Kier molecular flexibility index (Phi) is 4.70. The molecule has 1 N–H and O–H groups in total. The number of hydrogen-bond acceptors (Lipinski definition) is 5. The van der Waals surface area contributed by atoms with E-state index in [1.165, 1.54) is 12.1 Å². The molecule has 100 valence electrons. The molecule has 2 rings (SSSR count). The predicted octanol–water partition coefficient (Wildman–Crippen LogP) is 3.41. The predicted molar refractivity (Wildman–Crippen MR) is 78.4 cm³/mol. The van der Waals surface area contributed by atoms with Crippen molar-refractivity contribution in [2.45, 2.75) is 6.92 Å². The van der Waals surface area contributed by atoms with Crippen molar-refractivity contribution in [3.8, 4) is 6.01 Å². The largest absolute Gasteiger partial charge is 0.464 e. The van der Waals surface area contributed by atoms with Crippen LogP contribution in [0.3, 0.4) is 0 Å². The molecule has 0 amide bonds. The summed E-state index contributed by atoms with van der Waals surface area (Å²) in [6, 6.07) is 4.48. The van der Waals surface area contributed by atoms with Gasteiger partial charge in [-0.25, -0.2) is 4.39 Å². The van der Waals surface area contributed by atoms with Gasteiger partial charge < -0.3 is 10.1 Å². The van der Waals surface area contributed by atoms with Gasteiger partial charge in [-0.2, -0.15) is 15.0 Å². The summed E-state index contributed by atoms with van der Waals surface area (Å²) >= 11 is 7.78. The van der Waals surface area contributed by atoms with Crippen molar-refractivity contribution in [1.82, 2.24) is 15.0 Å². The van der Waals surface area contributed by atoms with Crippen molar-refractivity contribution < 1.29 is 9.13 Å². The number of anilines is 2. The lowest BCUT2D eigenvalue weighted by atomic mass is 10.3. The molecule has 19 heavy (non-hydrogen) atoms. The third-order valence-corrected chi connectivity index (χ3v) is 3.10. The zero-order valence-electron chi connectivity index (χ0n) is 9.82. The van der Waals surface area contributed by atoms with E-state index in [0.29, 0.717) is 15.9 Å². The fourth-order valence-corrected chi connectivity index (χ4v) is 2.06. The van der Waals surface area contributed by atoms with Crippen molar-refractivity contribution in [2.75, 3.05) is 11.9 Å². The topological polar surface area (TPSA) is 59.9 Å². The number of nitrogens with one attached hydrogen (secondary N) is 1. The number of halogens is 3. The maximum Gasteiger partial charge on any atom is 0.322 e. The molecule has 1 aromatic carbocycles. The molecular weight excluding hydrogens is 386 g/mol. The van der Waals surface area contributed by atoms with Gasteiger partial charge in [-0.1, -0.05) is 0 Å². The first-order valence-electron chi connectivity index (χ1n) is 5.35. The summed E-state index contributed by atoms with van der Waals surface area (Å²) in [5.74, 6) is -0.0633. The molecule has 0 aliphatic rings.